The first kappa shape index (κ1) is 11.6. The van der Waals surface area contributed by atoms with Crippen LogP contribution in [0.5, 0.6) is 0 Å². The van der Waals surface area contributed by atoms with E-state index in [1.54, 1.807) is 0 Å². The molecule has 0 aliphatic rings. The van der Waals surface area contributed by atoms with Crippen molar-refractivity contribution in [2.24, 2.45) is 0 Å². The van der Waals surface area contributed by atoms with E-state index in [9.17, 15) is 0 Å². The van der Waals surface area contributed by atoms with Gasteiger partial charge in [0.25, 0.3) is 5.95 Å². The van der Waals surface area contributed by atoms with Crippen LogP contribution in [-0.2, 0) is 9.16 Å². The summed E-state index contributed by atoms with van der Waals surface area (Å²) in [4.78, 5) is 0. The topological polar surface area (TPSA) is 18.5 Å². The Hall–Kier alpha value is -0.443. The van der Waals surface area contributed by atoms with E-state index in [1.807, 2.05) is 20.8 Å². The van der Waals surface area contributed by atoms with Crippen molar-refractivity contribution in [2.45, 2.75) is 40.4 Å². The van der Waals surface area contributed by atoms with E-state index in [2.05, 4.69) is 19.6 Å². The van der Waals surface area contributed by atoms with Gasteiger partial charge < -0.3 is 9.16 Å². The summed E-state index contributed by atoms with van der Waals surface area (Å²) in [5.74, 6) is 0.719. The van der Waals surface area contributed by atoms with Gasteiger partial charge in [-0.3, -0.25) is 0 Å². The Bertz CT molecular complexity index is 164. The van der Waals surface area contributed by atoms with Crippen LogP contribution in [0.3, 0.4) is 0 Å². The predicted molar refractivity (Wildman–Crippen MR) is 54.4 cm³/mol. The summed E-state index contributed by atoms with van der Waals surface area (Å²) in [7, 11) is -1.50. The SMILES string of the molecule is CCOC(O[Si](C)(C)C)=C(C)C. The second-order valence-corrected chi connectivity index (χ2v) is 8.36. The summed E-state index contributed by atoms with van der Waals surface area (Å²) >= 11 is 0. The van der Waals surface area contributed by atoms with Crippen molar-refractivity contribution in [1.82, 2.24) is 0 Å². The molecule has 12 heavy (non-hydrogen) atoms. The molecule has 0 aromatic carbocycles. The molecule has 0 aromatic rings. The van der Waals surface area contributed by atoms with Gasteiger partial charge in [-0.2, -0.15) is 0 Å². The molecule has 0 spiro atoms. The zero-order valence-electron chi connectivity index (χ0n) is 9.02. The standard InChI is InChI=1S/C9H20O2Si/c1-7-10-9(8(2)3)11-12(4,5)6/h7H2,1-6H3. The van der Waals surface area contributed by atoms with Gasteiger partial charge >= 0.3 is 0 Å². The van der Waals surface area contributed by atoms with Gasteiger partial charge in [0.15, 0.2) is 0 Å². The lowest BCUT2D eigenvalue weighted by atomic mass is 10.4. The van der Waals surface area contributed by atoms with Gasteiger partial charge in [0.1, 0.15) is 0 Å². The molecular formula is C9H20O2Si. The summed E-state index contributed by atoms with van der Waals surface area (Å²) in [6.07, 6.45) is 0. The fraction of sp³-hybridized carbons (Fsp3) is 0.778. The van der Waals surface area contributed by atoms with E-state index in [0.29, 0.717) is 6.61 Å². The molecule has 0 aliphatic heterocycles. The fourth-order valence-electron chi connectivity index (χ4n) is 0.685. The van der Waals surface area contributed by atoms with Crippen molar-refractivity contribution < 1.29 is 9.16 Å². The zero-order valence-corrected chi connectivity index (χ0v) is 10.0. The Kier molecular flexibility index (Phi) is 4.38. The number of rotatable bonds is 4. The minimum atomic E-state index is -1.50. The van der Waals surface area contributed by atoms with Crippen molar-refractivity contribution in [3.05, 3.63) is 11.5 Å². The smallest absolute Gasteiger partial charge is 0.263 e. The monoisotopic (exact) mass is 188 g/mol. The van der Waals surface area contributed by atoms with Crippen LogP contribution < -0.4 is 0 Å². The number of allylic oxidation sites excluding steroid dienone is 1. The van der Waals surface area contributed by atoms with E-state index in [4.69, 9.17) is 9.16 Å². The van der Waals surface area contributed by atoms with Gasteiger partial charge in [0.05, 0.1) is 6.61 Å². The average Bonchev–Trinajstić information content (AvgIpc) is 1.83. The molecule has 72 valence electrons. The maximum atomic E-state index is 5.74. The maximum absolute atomic E-state index is 5.74. The molecule has 3 heteroatoms. The fourth-order valence-corrected chi connectivity index (χ4v) is 1.50. The Labute approximate surface area is 76.7 Å². The Morgan fingerprint density at radius 3 is 1.92 bits per heavy atom. The van der Waals surface area contributed by atoms with Gasteiger partial charge in [0, 0.05) is 5.57 Å². The maximum Gasteiger partial charge on any atom is 0.263 e. The van der Waals surface area contributed by atoms with E-state index in [0.717, 1.165) is 11.5 Å². The van der Waals surface area contributed by atoms with Crippen LogP contribution in [0.4, 0.5) is 0 Å². The Morgan fingerprint density at radius 2 is 1.67 bits per heavy atom. The van der Waals surface area contributed by atoms with Gasteiger partial charge in [-0.15, -0.1) is 0 Å². The molecule has 0 amide bonds. The molecule has 0 bridgehead atoms. The minimum Gasteiger partial charge on any atom is -0.520 e. The average molecular weight is 188 g/mol. The highest BCUT2D eigenvalue weighted by molar-refractivity contribution is 6.70. The molecule has 0 rings (SSSR count). The van der Waals surface area contributed by atoms with Crippen LogP contribution in [-0.4, -0.2) is 14.9 Å². The third-order valence-electron chi connectivity index (χ3n) is 1.08. The molecule has 0 radical (unpaired) electrons. The molecule has 0 saturated heterocycles. The summed E-state index contributed by atoms with van der Waals surface area (Å²) in [6.45, 7) is 13.1. The molecule has 0 fully saturated rings. The number of ether oxygens (including phenoxy) is 1. The summed E-state index contributed by atoms with van der Waals surface area (Å²) in [5.41, 5.74) is 1.11. The number of hydrogen-bond donors (Lipinski definition) is 0. The van der Waals surface area contributed by atoms with Crippen LogP contribution in [0.25, 0.3) is 0 Å². The highest BCUT2D eigenvalue weighted by Crippen LogP contribution is 2.14. The summed E-state index contributed by atoms with van der Waals surface area (Å²) in [5, 5.41) is 0. The Balaban J connectivity index is 4.26. The largest absolute Gasteiger partial charge is 0.520 e. The predicted octanol–water partition coefficient (Wildman–Crippen LogP) is 3.13. The first-order valence-electron chi connectivity index (χ1n) is 4.36. The highest BCUT2D eigenvalue weighted by atomic mass is 28.4. The zero-order chi connectivity index (χ0) is 9.78. The molecule has 0 aliphatic carbocycles. The molecular weight excluding hydrogens is 168 g/mol. The van der Waals surface area contributed by atoms with Crippen molar-refractivity contribution >= 4 is 8.32 Å². The van der Waals surface area contributed by atoms with Crippen molar-refractivity contribution in [3.63, 3.8) is 0 Å². The van der Waals surface area contributed by atoms with Gasteiger partial charge in [-0.05, 0) is 40.4 Å². The second-order valence-electron chi connectivity index (χ2n) is 3.93. The number of hydrogen-bond acceptors (Lipinski definition) is 2. The highest BCUT2D eigenvalue weighted by Gasteiger charge is 2.18. The van der Waals surface area contributed by atoms with Gasteiger partial charge in [-0.25, -0.2) is 0 Å². The van der Waals surface area contributed by atoms with Crippen LogP contribution in [0.1, 0.15) is 20.8 Å². The molecule has 0 unspecified atom stereocenters. The first-order valence-corrected chi connectivity index (χ1v) is 7.77. The van der Waals surface area contributed by atoms with Crippen LogP contribution in [0.15, 0.2) is 11.5 Å². The van der Waals surface area contributed by atoms with Crippen molar-refractivity contribution in [2.75, 3.05) is 6.61 Å². The summed E-state index contributed by atoms with van der Waals surface area (Å²) < 4.78 is 11.1. The molecule has 0 saturated carbocycles. The lowest BCUT2D eigenvalue weighted by molar-refractivity contribution is 0.108. The lowest BCUT2D eigenvalue weighted by Crippen LogP contribution is -2.26. The minimum absolute atomic E-state index is 0.672. The molecule has 0 heterocycles. The van der Waals surface area contributed by atoms with Crippen LogP contribution >= 0.6 is 0 Å². The first-order chi connectivity index (χ1) is 5.37. The van der Waals surface area contributed by atoms with Crippen LogP contribution in [0.2, 0.25) is 19.6 Å². The lowest BCUT2D eigenvalue weighted by Gasteiger charge is -2.22. The van der Waals surface area contributed by atoms with Crippen molar-refractivity contribution in [1.29, 1.82) is 0 Å². The molecule has 0 aromatic heterocycles. The van der Waals surface area contributed by atoms with Gasteiger partial charge in [-0.1, -0.05) is 0 Å². The third-order valence-corrected chi connectivity index (χ3v) is 1.88. The van der Waals surface area contributed by atoms with E-state index >= 15 is 0 Å². The van der Waals surface area contributed by atoms with E-state index in [-0.39, 0.29) is 0 Å². The van der Waals surface area contributed by atoms with E-state index < -0.39 is 8.32 Å². The van der Waals surface area contributed by atoms with Crippen molar-refractivity contribution in [3.8, 4) is 0 Å². The third kappa shape index (κ3) is 5.24. The molecule has 0 atom stereocenters. The van der Waals surface area contributed by atoms with Crippen LogP contribution in [0, 0.1) is 0 Å². The second kappa shape index (κ2) is 4.55. The normalized spacial score (nSPS) is 10.8. The van der Waals surface area contributed by atoms with Gasteiger partial charge in [0.2, 0.25) is 8.32 Å². The Morgan fingerprint density at radius 1 is 1.17 bits per heavy atom. The van der Waals surface area contributed by atoms with E-state index in [1.165, 1.54) is 0 Å². The summed E-state index contributed by atoms with van der Waals surface area (Å²) in [6, 6.07) is 0. The molecule has 0 N–H and O–H groups in total. The quantitative estimate of drug-likeness (QED) is 0.498. The molecule has 2 nitrogen and oxygen atoms in total.